The number of ketones is 1. The fourth-order valence-electron chi connectivity index (χ4n) is 3.52. The maximum Gasteiger partial charge on any atom is 0.265 e. The number of nitrogens with one attached hydrogen (secondary N) is 1. The van der Waals surface area contributed by atoms with Gasteiger partial charge in [-0.3, -0.25) is 9.59 Å². The zero-order chi connectivity index (χ0) is 23.7. The summed E-state index contributed by atoms with van der Waals surface area (Å²) < 4.78 is 25.8. The summed E-state index contributed by atoms with van der Waals surface area (Å²) >= 11 is 0. The molecular formula is C27H24FNO4. The third-order valence-corrected chi connectivity index (χ3v) is 5.71. The number of benzene rings is 3. The van der Waals surface area contributed by atoms with Crippen molar-refractivity contribution in [2.24, 2.45) is 0 Å². The summed E-state index contributed by atoms with van der Waals surface area (Å²) in [5.41, 5.74) is 3.24. The molecular weight excluding hydrogens is 421 g/mol. The number of rotatable bonds is 6. The Morgan fingerprint density at radius 1 is 0.970 bits per heavy atom. The third kappa shape index (κ3) is 4.37. The molecule has 5 nitrogen and oxygen atoms in total. The van der Waals surface area contributed by atoms with E-state index in [1.54, 1.807) is 44.2 Å². The molecule has 1 heterocycles. The van der Waals surface area contributed by atoms with Crippen LogP contribution in [-0.2, 0) is 4.79 Å². The van der Waals surface area contributed by atoms with Crippen LogP contribution < -0.4 is 10.1 Å². The molecule has 168 valence electrons. The van der Waals surface area contributed by atoms with Gasteiger partial charge in [0.25, 0.3) is 5.91 Å². The fourth-order valence-corrected chi connectivity index (χ4v) is 3.52. The van der Waals surface area contributed by atoms with E-state index in [9.17, 15) is 14.0 Å². The molecule has 4 rings (SSSR count). The van der Waals surface area contributed by atoms with Crippen LogP contribution in [0.1, 0.15) is 39.7 Å². The number of ether oxygens (including phenoxy) is 1. The van der Waals surface area contributed by atoms with Crippen LogP contribution in [0.2, 0.25) is 0 Å². The van der Waals surface area contributed by atoms with Crippen molar-refractivity contribution >= 4 is 28.3 Å². The number of fused-ring (bicyclic) bond motifs is 1. The predicted octanol–water partition coefficient (Wildman–Crippen LogP) is 6.13. The van der Waals surface area contributed by atoms with Crippen molar-refractivity contribution in [2.45, 2.75) is 33.8 Å². The summed E-state index contributed by atoms with van der Waals surface area (Å²) in [6, 6.07) is 16.9. The van der Waals surface area contributed by atoms with E-state index in [4.69, 9.17) is 9.15 Å². The van der Waals surface area contributed by atoms with Crippen LogP contribution in [0.4, 0.5) is 10.1 Å². The van der Waals surface area contributed by atoms with Gasteiger partial charge in [-0.1, -0.05) is 36.4 Å². The lowest BCUT2D eigenvalue weighted by molar-refractivity contribution is -0.122. The number of aryl methyl sites for hydroxylation is 2. The van der Waals surface area contributed by atoms with Gasteiger partial charge in [0.15, 0.2) is 11.9 Å². The largest absolute Gasteiger partial charge is 0.481 e. The van der Waals surface area contributed by atoms with Gasteiger partial charge in [0, 0.05) is 10.9 Å². The number of carbonyl (C=O) groups excluding carboxylic acids is 2. The first-order valence-corrected chi connectivity index (χ1v) is 10.6. The molecule has 0 fully saturated rings. The van der Waals surface area contributed by atoms with E-state index in [-0.39, 0.29) is 17.0 Å². The van der Waals surface area contributed by atoms with Crippen LogP contribution >= 0.6 is 0 Å². The van der Waals surface area contributed by atoms with E-state index in [0.717, 1.165) is 11.1 Å². The maximum absolute atomic E-state index is 14.1. The highest BCUT2D eigenvalue weighted by Gasteiger charge is 2.26. The molecule has 33 heavy (non-hydrogen) atoms. The van der Waals surface area contributed by atoms with Crippen LogP contribution in [0.5, 0.6) is 5.75 Å². The van der Waals surface area contributed by atoms with Crippen LogP contribution in [0.3, 0.4) is 0 Å². The second-order valence-electron chi connectivity index (χ2n) is 8.04. The zero-order valence-corrected chi connectivity index (χ0v) is 18.9. The zero-order valence-electron chi connectivity index (χ0n) is 18.9. The Kier molecular flexibility index (Phi) is 6.01. The Morgan fingerprint density at radius 3 is 2.48 bits per heavy atom. The van der Waals surface area contributed by atoms with Gasteiger partial charge in [0.05, 0.1) is 5.69 Å². The van der Waals surface area contributed by atoms with Crippen molar-refractivity contribution in [3.8, 4) is 5.75 Å². The van der Waals surface area contributed by atoms with Crippen molar-refractivity contribution < 1.29 is 23.1 Å². The SMILES string of the molecule is Cc1ccc(C(=O)c2oc3ccccc3c2NC(=O)C(C)Oc2cccc(C)c2C)cc1F. The van der Waals surface area contributed by atoms with E-state index < -0.39 is 23.6 Å². The predicted molar refractivity (Wildman–Crippen MR) is 125 cm³/mol. The number of para-hydroxylation sites is 1. The van der Waals surface area contributed by atoms with Gasteiger partial charge in [-0.25, -0.2) is 4.39 Å². The standard InChI is InChI=1S/C27H24FNO4/c1-15-8-7-11-22(17(15)3)32-18(4)27(31)29-24-20-9-5-6-10-23(20)33-26(24)25(30)19-13-12-16(2)21(28)14-19/h5-14,18H,1-4H3,(H,29,31). The van der Waals surface area contributed by atoms with Crippen molar-refractivity contribution in [3.63, 3.8) is 0 Å². The van der Waals surface area contributed by atoms with Gasteiger partial charge >= 0.3 is 0 Å². The van der Waals surface area contributed by atoms with Gasteiger partial charge < -0.3 is 14.5 Å². The quantitative estimate of drug-likeness (QED) is 0.362. The smallest absolute Gasteiger partial charge is 0.265 e. The molecule has 0 bridgehead atoms. The molecule has 0 radical (unpaired) electrons. The van der Waals surface area contributed by atoms with E-state index in [1.165, 1.54) is 18.2 Å². The first kappa shape index (κ1) is 22.3. The third-order valence-electron chi connectivity index (χ3n) is 5.71. The summed E-state index contributed by atoms with van der Waals surface area (Å²) in [5.74, 6) is -0.902. The van der Waals surface area contributed by atoms with Crippen LogP contribution in [0.15, 0.2) is 65.1 Å². The van der Waals surface area contributed by atoms with Crippen LogP contribution in [0, 0.1) is 26.6 Å². The molecule has 6 heteroatoms. The minimum Gasteiger partial charge on any atom is -0.481 e. The Balaban J connectivity index is 1.66. The molecule has 3 aromatic carbocycles. The normalized spacial score (nSPS) is 11.9. The molecule has 0 aliphatic heterocycles. The number of hydrogen-bond acceptors (Lipinski definition) is 4. The molecule has 0 saturated carbocycles. The molecule has 0 aliphatic rings. The highest BCUT2D eigenvalue weighted by molar-refractivity contribution is 6.17. The second-order valence-corrected chi connectivity index (χ2v) is 8.04. The average Bonchev–Trinajstić information content (AvgIpc) is 3.16. The summed E-state index contributed by atoms with van der Waals surface area (Å²) in [4.78, 5) is 26.2. The fraction of sp³-hybridized carbons (Fsp3) is 0.185. The number of hydrogen-bond donors (Lipinski definition) is 1. The Hall–Kier alpha value is -3.93. The molecule has 0 saturated heterocycles. The lowest BCUT2D eigenvalue weighted by atomic mass is 10.0. The van der Waals surface area contributed by atoms with Crippen LogP contribution in [0.25, 0.3) is 11.0 Å². The van der Waals surface area contributed by atoms with Crippen molar-refractivity contribution in [1.82, 2.24) is 0 Å². The van der Waals surface area contributed by atoms with E-state index in [2.05, 4.69) is 5.32 Å². The number of halogens is 1. The Bertz CT molecular complexity index is 1370. The molecule has 1 atom stereocenters. The van der Waals surface area contributed by atoms with Gasteiger partial charge in [-0.15, -0.1) is 0 Å². The molecule has 1 unspecified atom stereocenters. The monoisotopic (exact) mass is 445 g/mol. The van der Waals surface area contributed by atoms with Gasteiger partial charge in [0.2, 0.25) is 5.78 Å². The topological polar surface area (TPSA) is 68.5 Å². The summed E-state index contributed by atoms with van der Waals surface area (Å²) in [6.45, 7) is 7.15. The molecule has 4 aromatic rings. The average molecular weight is 445 g/mol. The summed E-state index contributed by atoms with van der Waals surface area (Å²) in [5, 5.41) is 3.36. The summed E-state index contributed by atoms with van der Waals surface area (Å²) in [6.07, 6.45) is -0.834. The summed E-state index contributed by atoms with van der Waals surface area (Å²) in [7, 11) is 0. The molecule has 0 aliphatic carbocycles. The molecule has 1 amide bonds. The highest BCUT2D eigenvalue weighted by Crippen LogP contribution is 2.33. The van der Waals surface area contributed by atoms with Crippen molar-refractivity contribution in [3.05, 3.63) is 94.5 Å². The minimum absolute atomic E-state index is 0.0632. The lowest BCUT2D eigenvalue weighted by Crippen LogP contribution is -2.30. The first-order valence-electron chi connectivity index (χ1n) is 10.6. The number of carbonyl (C=O) groups is 2. The molecule has 1 aromatic heterocycles. The van der Waals surface area contributed by atoms with Crippen LogP contribution in [-0.4, -0.2) is 17.8 Å². The Morgan fingerprint density at radius 2 is 1.73 bits per heavy atom. The lowest BCUT2D eigenvalue weighted by Gasteiger charge is -2.17. The van der Waals surface area contributed by atoms with Gasteiger partial charge in [-0.2, -0.15) is 0 Å². The van der Waals surface area contributed by atoms with Gasteiger partial charge in [-0.05, 0) is 68.7 Å². The minimum atomic E-state index is -0.834. The van der Waals surface area contributed by atoms with E-state index >= 15 is 0 Å². The molecule has 0 spiro atoms. The van der Waals surface area contributed by atoms with E-state index in [1.807, 2.05) is 26.0 Å². The maximum atomic E-state index is 14.1. The molecule has 1 N–H and O–H groups in total. The number of anilines is 1. The van der Waals surface area contributed by atoms with E-state index in [0.29, 0.717) is 22.3 Å². The Labute approximate surface area is 191 Å². The highest BCUT2D eigenvalue weighted by atomic mass is 19.1. The van der Waals surface area contributed by atoms with Crippen molar-refractivity contribution in [1.29, 1.82) is 0 Å². The first-order chi connectivity index (χ1) is 15.8. The van der Waals surface area contributed by atoms with Crippen molar-refractivity contribution in [2.75, 3.05) is 5.32 Å². The number of amides is 1. The second kappa shape index (κ2) is 8.90. The number of furan rings is 1. The van der Waals surface area contributed by atoms with Gasteiger partial charge in [0.1, 0.15) is 17.1 Å².